The molecule has 1 aromatic carbocycles. The number of nitrogen functional groups attached to an aromatic ring is 1. The van der Waals surface area contributed by atoms with Crippen molar-refractivity contribution >= 4 is 17.3 Å². The van der Waals surface area contributed by atoms with E-state index in [0.717, 1.165) is 0 Å². The second-order valence-electron chi connectivity index (χ2n) is 3.06. The minimum absolute atomic E-state index is 0.0557. The Morgan fingerprint density at radius 2 is 2.25 bits per heavy atom. The highest BCUT2D eigenvalue weighted by atomic mass is 35.5. The molecule has 0 saturated heterocycles. The number of hydrogen-bond donors (Lipinski definition) is 1. The maximum Gasteiger partial charge on any atom is 0.217 e. The van der Waals surface area contributed by atoms with E-state index >= 15 is 0 Å². The van der Waals surface area contributed by atoms with E-state index in [1.165, 1.54) is 29.1 Å². The molecule has 1 heterocycles. The Hall–Kier alpha value is -2.06. The van der Waals surface area contributed by atoms with E-state index in [9.17, 15) is 4.39 Å². The van der Waals surface area contributed by atoms with E-state index < -0.39 is 5.82 Å². The van der Waals surface area contributed by atoms with Crippen molar-refractivity contribution in [2.45, 2.75) is 0 Å². The topological polar surface area (TPSA) is 67.6 Å². The normalized spacial score (nSPS) is 10.1. The summed E-state index contributed by atoms with van der Waals surface area (Å²) < 4.78 is 14.7. The maximum atomic E-state index is 13.3. The lowest BCUT2D eigenvalue weighted by Crippen LogP contribution is -2.02. The van der Waals surface area contributed by atoms with E-state index in [1.54, 1.807) is 0 Å². The molecule has 0 amide bonds. The van der Waals surface area contributed by atoms with Crippen LogP contribution in [0.3, 0.4) is 0 Å². The Labute approximate surface area is 95.7 Å². The predicted molar refractivity (Wildman–Crippen MR) is 57.7 cm³/mol. The number of aromatic nitrogens is 2. The summed E-state index contributed by atoms with van der Waals surface area (Å²) in [5.74, 6) is -0.461. The van der Waals surface area contributed by atoms with Crippen LogP contribution in [-0.2, 0) is 0 Å². The van der Waals surface area contributed by atoms with Crippen molar-refractivity contribution in [1.82, 2.24) is 9.55 Å². The quantitative estimate of drug-likeness (QED) is 0.771. The van der Waals surface area contributed by atoms with Crippen LogP contribution in [0.5, 0.6) is 0 Å². The zero-order valence-electron chi connectivity index (χ0n) is 7.98. The number of nitriles is 1. The van der Waals surface area contributed by atoms with Gasteiger partial charge in [0.2, 0.25) is 5.82 Å². The molecule has 4 nitrogen and oxygen atoms in total. The maximum absolute atomic E-state index is 13.3. The van der Waals surface area contributed by atoms with Crippen molar-refractivity contribution in [3.05, 3.63) is 41.2 Å². The van der Waals surface area contributed by atoms with Crippen LogP contribution < -0.4 is 5.73 Å². The molecule has 0 spiro atoms. The van der Waals surface area contributed by atoms with Crippen LogP contribution in [0.2, 0.25) is 5.02 Å². The van der Waals surface area contributed by atoms with Gasteiger partial charge in [-0.15, -0.1) is 0 Å². The van der Waals surface area contributed by atoms with Crippen LogP contribution in [0.25, 0.3) is 5.69 Å². The molecule has 0 saturated carbocycles. The Morgan fingerprint density at radius 1 is 1.50 bits per heavy atom. The molecule has 0 fully saturated rings. The first kappa shape index (κ1) is 10.5. The average Bonchev–Trinajstić information content (AvgIpc) is 2.71. The molecule has 1 aromatic heterocycles. The third-order valence-electron chi connectivity index (χ3n) is 2.07. The van der Waals surface area contributed by atoms with Crippen LogP contribution in [0.4, 0.5) is 10.1 Å². The van der Waals surface area contributed by atoms with Gasteiger partial charge < -0.3 is 5.73 Å². The zero-order chi connectivity index (χ0) is 11.7. The molecule has 0 radical (unpaired) electrons. The van der Waals surface area contributed by atoms with E-state index in [4.69, 9.17) is 22.6 Å². The van der Waals surface area contributed by atoms with Crippen molar-refractivity contribution in [2.75, 3.05) is 5.73 Å². The van der Waals surface area contributed by atoms with Gasteiger partial charge in [-0.05, 0) is 6.07 Å². The first-order valence-corrected chi connectivity index (χ1v) is 4.69. The lowest BCUT2D eigenvalue weighted by Gasteiger charge is -2.08. The summed E-state index contributed by atoms with van der Waals surface area (Å²) in [6, 6.07) is 4.34. The van der Waals surface area contributed by atoms with Gasteiger partial charge in [-0.2, -0.15) is 5.26 Å². The summed E-state index contributed by atoms with van der Waals surface area (Å²) in [5, 5.41) is 8.73. The Kier molecular flexibility index (Phi) is 2.50. The number of nitrogens with zero attached hydrogens (tertiary/aromatic N) is 3. The van der Waals surface area contributed by atoms with Gasteiger partial charge in [0.15, 0.2) is 0 Å². The molecule has 2 N–H and O–H groups in total. The van der Waals surface area contributed by atoms with Crippen LogP contribution >= 0.6 is 11.6 Å². The highest BCUT2D eigenvalue weighted by Crippen LogP contribution is 2.25. The van der Waals surface area contributed by atoms with Gasteiger partial charge in [0.1, 0.15) is 11.9 Å². The SMILES string of the molecule is N#Cc1nccn1-c1cc(F)c(Cl)cc1N. The van der Waals surface area contributed by atoms with Gasteiger partial charge in [0, 0.05) is 18.5 Å². The summed E-state index contributed by atoms with van der Waals surface area (Å²) in [6.07, 6.45) is 2.96. The molecule has 0 atom stereocenters. The summed E-state index contributed by atoms with van der Waals surface area (Å²) >= 11 is 5.58. The molecule has 80 valence electrons. The fourth-order valence-electron chi connectivity index (χ4n) is 1.34. The van der Waals surface area contributed by atoms with Crippen molar-refractivity contribution in [3.63, 3.8) is 0 Å². The Morgan fingerprint density at radius 3 is 2.94 bits per heavy atom. The molecule has 16 heavy (non-hydrogen) atoms. The molecule has 0 bridgehead atoms. The average molecular weight is 237 g/mol. The molecular weight excluding hydrogens is 231 g/mol. The van der Waals surface area contributed by atoms with Gasteiger partial charge in [0.05, 0.1) is 16.4 Å². The number of rotatable bonds is 1. The number of halogens is 2. The third kappa shape index (κ3) is 1.59. The van der Waals surface area contributed by atoms with Gasteiger partial charge in [0.25, 0.3) is 0 Å². The smallest absolute Gasteiger partial charge is 0.217 e. The molecule has 6 heteroatoms. The van der Waals surface area contributed by atoms with Crippen molar-refractivity contribution in [2.24, 2.45) is 0 Å². The lowest BCUT2D eigenvalue weighted by molar-refractivity contribution is 0.627. The third-order valence-corrected chi connectivity index (χ3v) is 2.36. The molecular formula is C10H6ClFN4. The highest BCUT2D eigenvalue weighted by molar-refractivity contribution is 6.31. The van der Waals surface area contributed by atoms with E-state index in [2.05, 4.69) is 4.98 Å². The summed E-state index contributed by atoms with van der Waals surface area (Å²) in [4.78, 5) is 3.80. The Bertz CT molecular complexity index is 585. The predicted octanol–water partition coefficient (Wildman–Crippen LogP) is 2.12. The van der Waals surface area contributed by atoms with Crippen molar-refractivity contribution in [1.29, 1.82) is 5.26 Å². The van der Waals surface area contributed by atoms with Crippen LogP contribution in [0.15, 0.2) is 24.5 Å². The summed E-state index contributed by atoms with van der Waals surface area (Å²) in [7, 11) is 0. The van der Waals surface area contributed by atoms with Crippen LogP contribution in [0.1, 0.15) is 5.82 Å². The number of imidazole rings is 1. The van der Waals surface area contributed by atoms with Crippen LogP contribution in [-0.4, -0.2) is 9.55 Å². The van der Waals surface area contributed by atoms with Crippen molar-refractivity contribution < 1.29 is 4.39 Å². The molecule has 0 unspecified atom stereocenters. The lowest BCUT2D eigenvalue weighted by atomic mass is 10.2. The number of hydrogen-bond acceptors (Lipinski definition) is 3. The second kappa shape index (κ2) is 3.83. The van der Waals surface area contributed by atoms with Gasteiger partial charge >= 0.3 is 0 Å². The number of anilines is 1. The summed E-state index contributed by atoms with van der Waals surface area (Å²) in [6.45, 7) is 0. The minimum atomic E-state index is -0.594. The van der Waals surface area contributed by atoms with E-state index in [-0.39, 0.29) is 16.5 Å². The molecule has 0 aliphatic heterocycles. The van der Waals surface area contributed by atoms with Gasteiger partial charge in [-0.1, -0.05) is 11.6 Å². The number of benzene rings is 1. The fourth-order valence-corrected chi connectivity index (χ4v) is 1.51. The van der Waals surface area contributed by atoms with E-state index in [1.807, 2.05) is 6.07 Å². The van der Waals surface area contributed by atoms with Gasteiger partial charge in [-0.25, -0.2) is 9.37 Å². The molecule has 2 rings (SSSR count). The first-order chi connectivity index (χ1) is 7.63. The van der Waals surface area contributed by atoms with Crippen molar-refractivity contribution in [3.8, 4) is 11.8 Å². The standard InChI is InChI=1S/C10H6ClFN4/c11-6-3-8(14)9(4-7(6)12)16-2-1-15-10(16)5-13/h1-4H,14H2. The fraction of sp³-hybridized carbons (Fsp3) is 0. The minimum Gasteiger partial charge on any atom is -0.397 e. The zero-order valence-corrected chi connectivity index (χ0v) is 8.74. The first-order valence-electron chi connectivity index (χ1n) is 4.32. The molecule has 0 aliphatic carbocycles. The molecule has 2 aromatic rings. The molecule has 0 aliphatic rings. The number of nitrogens with two attached hydrogens (primary N) is 1. The Balaban J connectivity index is 2.66. The summed E-state index contributed by atoms with van der Waals surface area (Å²) in [5.41, 5.74) is 6.32. The largest absolute Gasteiger partial charge is 0.397 e. The second-order valence-corrected chi connectivity index (χ2v) is 3.46. The monoisotopic (exact) mass is 236 g/mol. The van der Waals surface area contributed by atoms with Gasteiger partial charge in [-0.3, -0.25) is 4.57 Å². The van der Waals surface area contributed by atoms with E-state index in [0.29, 0.717) is 5.69 Å². The highest BCUT2D eigenvalue weighted by Gasteiger charge is 2.11. The van der Waals surface area contributed by atoms with Crippen LogP contribution in [0, 0.1) is 17.1 Å².